The second-order valence-electron chi connectivity index (χ2n) is 4.20. The van der Waals surface area contributed by atoms with Gasteiger partial charge in [-0.05, 0) is 31.4 Å². The average Bonchev–Trinajstić information content (AvgIpc) is 2.27. The van der Waals surface area contributed by atoms with Crippen molar-refractivity contribution >= 4 is 8.56 Å². The molecule has 1 atom stereocenters. The summed E-state index contributed by atoms with van der Waals surface area (Å²) in [6, 6.07) is 2.13. The molecule has 0 saturated carbocycles. The summed E-state index contributed by atoms with van der Waals surface area (Å²) in [7, 11) is -1.82. The van der Waals surface area contributed by atoms with Gasteiger partial charge in [-0.1, -0.05) is 34.1 Å². The molecular weight excluding hydrogens is 204 g/mol. The van der Waals surface area contributed by atoms with E-state index in [-0.39, 0.29) is 0 Å². The van der Waals surface area contributed by atoms with Crippen molar-refractivity contribution in [3.63, 3.8) is 0 Å². The molecule has 0 heterocycles. The summed E-state index contributed by atoms with van der Waals surface area (Å²) < 4.78 is 11.9. The van der Waals surface area contributed by atoms with Crippen molar-refractivity contribution in [1.82, 2.24) is 0 Å². The Morgan fingerprint density at radius 2 is 1.60 bits per heavy atom. The molecule has 0 N–H and O–H groups in total. The summed E-state index contributed by atoms with van der Waals surface area (Å²) in [6.07, 6.45) is 2.41. The van der Waals surface area contributed by atoms with Crippen molar-refractivity contribution in [1.29, 1.82) is 0 Å². The lowest BCUT2D eigenvalue weighted by atomic mass is 10.1. The van der Waals surface area contributed by atoms with Crippen molar-refractivity contribution in [2.24, 2.45) is 5.92 Å². The van der Waals surface area contributed by atoms with Crippen LogP contribution < -0.4 is 0 Å². The minimum absolute atomic E-state index is 0.770. The van der Waals surface area contributed by atoms with E-state index in [9.17, 15) is 0 Å². The monoisotopic (exact) mass is 232 g/mol. The predicted octanol–water partition coefficient (Wildman–Crippen LogP) is 3.96. The Labute approximate surface area is 96.6 Å². The Balaban J connectivity index is 3.94. The van der Waals surface area contributed by atoms with Gasteiger partial charge >= 0.3 is 8.56 Å². The van der Waals surface area contributed by atoms with E-state index >= 15 is 0 Å². The van der Waals surface area contributed by atoms with Gasteiger partial charge in [-0.2, -0.15) is 0 Å². The molecule has 0 aromatic rings. The molecular formula is C12H28O2Si. The fraction of sp³-hybridized carbons (Fsp3) is 1.00. The van der Waals surface area contributed by atoms with E-state index in [1.54, 1.807) is 0 Å². The van der Waals surface area contributed by atoms with Crippen LogP contribution in [0, 0.1) is 5.92 Å². The standard InChI is InChI=1S/C12H28O2Si/c1-6-12(5)10-11-14-15(8-3,9-4)13-7-2/h12H,6-11H2,1-5H3. The topological polar surface area (TPSA) is 18.5 Å². The Hall–Kier alpha value is 0.137. The summed E-state index contributed by atoms with van der Waals surface area (Å²) >= 11 is 0. The van der Waals surface area contributed by atoms with Crippen LogP contribution in [-0.4, -0.2) is 21.8 Å². The maximum Gasteiger partial charge on any atom is 0.337 e. The van der Waals surface area contributed by atoms with Gasteiger partial charge in [0.1, 0.15) is 0 Å². The molecule has 0 saturated heterocycles. The number of hydrogen-bond acceptors (Lipinski definition) is 2. The average molecular weight is 232 g/mol. The molecule has 15 heavy (non-hydrogen) atoms. The largest absolute Gasteiger partial charge is 0.395 e. The highest BCUT2D eigenvalue weighted by atomic mass is 28.4. The highest BCUT2D eigenvalue weighted by Crippen LogP contribution is 2.19. The quantitative estimate of drug-likeness (QED) is 0.560. The van der Waals surface area contributed by atoms with Crippen molar-refractivity contribution in [3.8, 4) is 0 Å². The first-order valence-electron chi connectivity index (χ1n) is 6.41. The molecule has 0 aliphatic heterocycles. The third-order valence-electron chi connectivity index (χ3n) is 3.16. The molecule has 1 unspecified atom stereocenters. The minimum Gasteiger partial charge on any atom is -0.395 e. The molecule has 92 valence electrons. The smallest absolute Gasteiger partial charge is 0.337 e. The lowest BCUT2D eigenvalue weighted by Crippen LogP contribution is -2.41. The summed E-state index contributed by atoms with van der Waals surface area (Å²) in [5, 5.41) is 0. The zero-order chi connectivity index (χ0) is 11.7. The normalized spacial score (nSPS) is 14.2. The predicted molar refractivity (Wildman–Crippen MR) is 68.4 cm³/mol. The third-order valence-corrected chi connectivity index (χ3v) is 6.86. The van der Waals surface area contributed by atoms with E-state index in [4.69, 9.17) is 8.85 Å². The second kappa shape index (κ2) is 8.31. The van der Waals surface area contributed by atoms with Crippen LogP contribution in [0.4, 0.5) is 0 Å². The van der Waals surface area contributed by atoms with Crippen molar-refractivity contribution in [2.75, 3.05) is 13.2 Å². The molecule has 0 spiro atoms. The molecule has 0 aliphatic carbocycles. The van der Waals surface area contributed by atoms with Gasteiger partial charge in [0.25, 0.3) is 0 Å². The Kier molecular flexibility index (Phi) is 8.38. The van der Waals surface area contributed by atoms with Crippen molar-refractivity contribution in [3.05, 3.63) is 0 Å². The highest BCUT2D eigenvalue weighted by Gasteiger charge is 2.32. The maximum absolute atomic E-state index is 6.06. The molecule has 0 aliphatic rings. The first kappa shape index (κ1) is 15.1. The fourth-order valence-corrected chi connectivity index (χ4v) is 4.03. The molecule has 0 fully saturated rings. The van der Waals surface area contributed by atoms with Crippen LogP contribution in [0.1, 0.15) is 47.5 Å². The van der Waals surface area contributed by atoms with E-state index in [1.807, 2.05) is 0 Å². The minimum atomic E-state index is -1.82. The SMILES string of the molecule is CCO[Si](CC)(CC)OCCC(C)CC. The Morgan fingerprint density at radius 3 is 2.00 bits per heavy atom. The molecule has 0 amide bonds. The van der Waals surface area contributed by atoms with Gasteiger partial charge in [0.2, 0.25) is 0 Å². The second-order valence-corrected chi connectivity index (χ2v) is 8.01. The van der Waals surface area contributed by atoms with Crippen LogP contribution in [0.3, 0.4) is 0 Å². The zero-order valence-electron chi connectivity index (χ0n) is 11.1. The highest BCUT2D eigenvalue weighted by molar-refractivity contribution is 6.67. The van der Waals surface area contributed by atoms with Crippen molar-refractivity contribution < 1.29 is 8.85 Å². The molecule has 0 rings (SSSR count). The maximum atomic E-state index is 6.06. The summed E-state index contributed by atoms with van der Waals surface area (Å²) in [5.74, 6) is 0.770. The molecule has 2 nitrogen and oxygen atoms in total. The van der Waals surface area contributed by atoms with Crippen LogP contribution in [0.25, 0.3) is 0 Å². The molecule has 3 heteroatoms. The van der Waals surface area contributed by atoms with Gasteiger partial charge in [-0.25, -0.2) is 0 Å². The summed E-state index contributed by atoms with van der Waals surface area (Å²) in [4.78, 5) is 0. The first-order valence-corrected chi connectivity index (χ1v) is 8.65. The Bertz CT molecular complexity index is 147. The molecule has 0 bridgehead atoms. The van der Waals surface area contributed by atoms with E-state index in [1.165, 1.54) is 12.8 Å². The Morgan fingerprint density at radius 1 is 1.00 bits per heavy atom. The van der Waals surface area contributed by atoms with Gasteiger partial charge in [0.05, 0.1) is 0 Å². The molecule has 0 aromatic carbocycles. The van der Waals surface area contributed by atoms with Gasteiger partial charge in [-0.15, -0.1) is 0 Å². The van der Waals surface area contributed by atoms with E-state index in [2.05, 4.69) is 34.6 Å². The lowest BCUT2D eigenvalue weighted by molar-refractivity contribution is 0.166. The van der Waals surface area contributed by atoms with Crippen molar-refractivity contribution in [2.45, 2.75) is 59.5 Å². The zero-order valence-corrected chi connectivity index (χ0v) is 12.1. The van der Waals surface area contributed by atoms with E-state index in [0.29, 0.717) is 0 Å². The molecule has 0 radical (unpaired) electrons. The van der Waals surface area contributed by atoms with Crippen LogP contribution in [0.5, 0.6) is 0 Å². The van der Waals surface area contributed by atoms with E-state index in [0.717, 1.165) is 31.2 Å². The van der Waals surface area contributed by atoms with Gasteiger partial charge < -0.3 is 8.85 Å². The van der Waals surface area contributed by atoms with Gasteiger partial charge in [-0.3, -0.25) is 0 Å². The van der Waals surface area contributed by atoms with Crippen LogP contribution in [0.2, 0.25) is 12.1 Å². The van der Waals surface area contributed by atoms with E-state index < -0.39 is 8.56 Å². The summed E-state index contributed by atoms with van der Waals surface area (Å²) in [5.41, 5.74) is 0. The van der Waals surface area contributed by atoms with Crippen LogP contribution in [-0.2, 0) is 8.85 Å². The first-order chi connectivity index (χ1) is 7.14. The lowest BCUT2D eigenvalue weighted by Gasteiger charge is -2.28. The number of rotatable bonds is 9. The van der Waals surface area contributed by atoms with Crippen LogP contribution in [0.15, 0.2) is 0 Å². The molecule has 0 aromatic heterocycles. The summed E-state index contributed by atoms with van der Waals surface area (Å²) in [6.45, 7) is 12.6. The van der Waals surface area contributed by atoms with Gasteiger partial charge in [0, 0.05) is 13.2 Å². The fourth-order valence-electron chi connectivity index (χ4n) is 1.61. The third kappa shape index (κ3) is 5.69. The number of hydrogen-bond donors (Lipinski definition) is 0. The van der Waals surface area contributed by atoms with Gasteiger partial charge in [0.15, 0.2) is 0 Å². The van der Waals surface area contributed by atoms with Crippen LogP contribution >= 0.6 is 0 Å².